The van der Waals surface area contributed by atoms with E-state index in [0.29, 0.717) is 30.2 Å². The first-order chi connectivity index (χ1) is 13.2. The number of amides is 1. The lowest BCUT2D eigenvalue weighted by molar-refractivity contribution is 0.0893. The summed E-state index contributed by atoms with van der Waals surface area (Å²) in [4.78, 5) is 15.0. The monoisotopic (exact) mass is 396 g/mol. The van der Waals surface area contributed by atoms with Gasteiger partial charge in [0, 0.05) is 32.8 Å². The topological polar surface area (TPSA) is 60.0 Å². The predicted molar refractivity (Wildman–Crippen MR) is 110 cm³/mol. The Labute approximate surface area is 166 Å². The van der Waals surface area contributed by atoms with Gasteiger partial charge in [0.2, 0.25) is 0 Å². The Balaban J connectivity index is 1.95. The number of carbonyl (C=O) groups excluding carboxylic acids is 1. The number of ether oxygens (including phenoxy) is 3. The van der Waals surface area contributed by atoms with Crippen LogP contribution in [0.25, 0.3) is 0 Å². The average molecular weight is 397 g/mol. The van der Waals surface area contributed by atoms with Crippen LogP contribution in [0.2, 0.25) is 0 Å². The van der Waals surface area contributed by atoms with Gasteiger partial charge in [-0.1, -0.05) is 0 Å². The van der Waals surface area contributed by atoms with Crippen LogP contribution in [-0.2, 0) is 4.74 Å². The maximum atomic E-state index is 12.5. The Morgan fingerprint density at radius 1 is 1.30 bits per heavy atom. The second kappa shape index (κ2) is 12.1. The molecule has 0 saturated carbocycles. The Bertz CT molecular complexity index is 577. The number of thioether (sulfide) groups is 1. The fraction of sp³-hybridized carbons (Fsp3) is 0.650. The van der Waals surface area contributed by atoms with Crippen molar-refractivity contribution in [2.24, 2.45) is 0 Å². The Hall–Kier alpha value is -1.44. The van der Waals surface area contributed by atoms with Gasteiger partial charge in [-0.25, -0.2) is 0 Å². The summed E-state index contributed by atoms with van der Waals surface area (Å²) < 4.78 is 16.5. The molecule has 1 aliphatic heterocycles. The predicted octanol–water partition coefficient (Wildman–Crippen LogP) is 2.67. The highest BCUT2D eigenvalue weighted by molar-refractivity contribution is 7.98. The van der Waals surface area contributed by atoms with Gasteiger partial charge in [-0.2, -0.15) is 11.8 Å². The van der Waals surface area contributed by atoms with E-state index in [1.165, 1.54) is 12.2 Å². The van der Waals surface area contributed by atoms with Crippen molar-refractivity contribution in [1.82, 2.24) is 10.2 Å². The standard InChI is InChI=1S/C20H32N2O4S/c1-24-13-9-21-20(23)18-6-5-17(25-2)15-19(18)26-16-7-11-22(12-8-16)10-4-14-27-3/h5-6,15-16H,4,7-14H2,1-3H3,(H,21,23). The van der Waals surface area contributed by atoms with E-state index < -0.39 is 0 Å². The Kier molecular flexibility index (Phi) is 9.80. The zero-order valence-electron chi connectivity index (χ0n) is 16.7. The Morgan fingerprint density at radius 2 is 2.07 bits per heavy atom. The molecule has 0 unspecified atom stereocenters. The molecule has 1 aliphatic rings. The molecule has 2 rings (SSSR count). The van der Waals surface area contributed by atoms with Gasteiger partial charge in [0.15, 0.2) is 0 Å². The molecule has 7 heteroatoms. The number of hydrogen-bond donors (Lipinski definition) is 1. The number of rotatable bonds is 11. The van der Waals surface area contributed by atoms with Crippen LogP contribution in [0.1, 0.15) is 29.6 Å². The second-order valence-electron chi connectivity index (χ2n) is 6.62. The summed E-state index contributed by atoms with van der Waals surface area (Å²) in [6.07, 6.45) is 5.45. The normalized spacial score (nSPS) is 15.5. The first-order valence-corrected chi connectivity index (χ1v) is 10.9. The smallest absolute Gasteiger partial charge is 0.255 e. The molecule has 1 amide bonds. The van der Waals surface area contributed by atoms with Crippen LogP contribution in [0.4, 0.5) is 0 Å². The molecular weight excluding hydrogens is 364 g/mol. The molecule has 1 saturated heterocycles. The maximum Gasteiger partial charge on any atom is 0.255 e. The fourth-order valence-electron chi connectivity index (χ4n) is 3.14. The van der Waals surface area contributed by atoms with E-state index in [4.69, 9.17) is 14.2 Å². The van der Waals surface area contributed by atoms with E-state index >= 15 is 0 Å². The van der Waals surface area contributed by atoms with Crippen molar-refractivity contribution in [3.05, 3.63) is 23.8 Å². The van der Waals surface area contributed by atoms with Gasteiger partial charge >= 0.3 is 0 Å². The molecule has 0 aliphatic carbocycles. The third-order valence-electron chi connectivity index (χ3n) is 4.68. The molecule has 6 nitrogen and oxygen atoms in total. The summed E-state index contributed by atoms with van der Waals surface area (Å²) in [7, 11) is 3.23. The van der Waals surface area contributed by atoms with Crippen LogP contribution in [0.15, 0.2) is 18.2 Å². The molecule has 0 bridgehead atoms. The lowest BCUT2D eigenvalue weighted by Gasteiger charge is -2.32. The van der Waals surface area contributed by atoms with E-state index in [-0.39, 0.29) is 12.0 Å². The zero-order chi connectivity index (χ0) is 19.5. The highest BCUT2D eigenvalue weighted by Gasteiger charge is 2.22. The first-order valence-electron chi connectivity index (χ1n) is 9.51. The summed E-state index contributed by atoms with van der Waals surface area (Å²) in [5, 5.41) is 2.86. The SMILES string of the molecule is COCCNC(=O)c1ccc(OC)cc1OC1CCN(CCCSC)CC1. The molecule has 0 spiro atoms. The van der Waals surface area contributed by atoms with Crippen molar-refractivity contribution < 1.29 is 19.0 Å². The van der Waals surface area contributed by atoms with Gasteiger partial charge in [-0.3, -0.25) is 4.79 Å². The van der Waals surface area contributed by atoms with E-state index in [0.717, 1.165) is 32.5 Å². The van der Waals surface area contributed by atoms with Crippen molar-refractivity contribution >= 4 is 17.7 Å². The summed E-state index contributed by atoms with van der Waals surface area (Å²) in [6.45, 7) is 4.18. The van der Waals surface area contributed by atoms with Gasteiger partial charge in [0.05, 0.1) is 19.3 Å². The third-order valence-corrected chi connectivity index (χ3v) is 5.37. The van der Waals surface area contributed by atoms with Crippen LogP contribution in [0.5, 0.6) is 11.5 Å². The van der Waals surface area contributed by atoms with E-state index in [1.54, 1.807) is 32.4 Å². The van der Waals surface area contributed by atoms with Gasteiger partial charge in [-0.15, -0.1) is 0 Å². The van der Waals surface area contributed by atoms with Gasteiger partial charge in [0.1, 0.15) is 17.6 Å². The van der Waals surface area contributed by atoms with Crippen molar-refractivity contribution in [1.29, 1.82) is 0 Å². The number of nitrogens with one attached hydrogen (secondary N) is 1. The highest BCUT2D eigenvalue weighted by atomic mass is 32.2. The molecule has 1 aromatic rings. The summed E-state index contributed by atoms with van der Waals surface area (Å²) in [6, 6.07) is 5.34. The van der Waals surface area contributed by atoms with E-state index in [2.05, 4.69) is 16.5 Å². The number of benzene rings is 1. The molecule has 1 heterocycles. The third kappa shape index (κ3) is 7.24. The largest absolute Gasteiger partial charge is 0.497 e. The van der Waals surface area contributed by atoms with Crippen LogP contribution in [-0.4, -0.2) is 75.9 Å². The first kappa shape index (κ1) is 21.9. The zero-order valence-corrected chi connectivity index (χ0v) is 17.5. The van der Waals surface area contributed by atoms with Gasteiger partial charge < -0.3 is 24.4 Å². The number of likely N-dealkylation sites (tertiary alicyclic amines) is 1. The molecule has 0 radical (unpaired) electrons. The van der Waals surface area contributed by atoms with Gasteiger partial charge in [0.25, 0.3) is 5.91 Å². The summed E-state index contributed by atoms with van der Waals surface area (Å²) in [5.74, 6) is 2.33. The summed E-state index contributed by atoms with van der Waals surface area (Å²) in [5.41, 5.74) is 0.536. The molecule has 27 heavy (non-hydrogen) atoms. The minimum absolute atomic E-state index is 0.124. The quantitative estimate of drug-likeness (QED) is 0.581. The Morgan fingerprint density at radius 3 is 2.74 bits per heavy atom. The van der Waals surface area contributed by atoms with Crippen LogP contribution in [0.3, 0.4) is 0 Å². The minimum Gasteiger partial charge on any atom is -0.497 e. The fourth-order valence-corrected chi connectivity index (χ4v) is 3.56. The molecule has 1 N–H and O–H groups in total. The number of piperidine rings is 1. The van der Waals surface area contributed by atoms with E-state index in [9.17, 15) is 4.79 Å². The van der Waals surface area contributed by atoms with E-state index in [1.807, 2.05) is 11.8 Å². The second-order valence-corrected chi connectivity index (χ2v) is 7.60. The van der Waals surface area contributed by atoms with Crippen molar-refractivity contribution in [3.8, 4) is 11.5 Å². The lowest BCUT2D eigenvalue weighted by Crippen LogP contribution is -2.39. The minimum atomic E-state index is -0.154. The number of hydrogen-bond acceptors (Lipinski definition) is 6. The van der Waals surface area contributed by atoms with Crippen molar-refractivity contribution in [3.63, 3.8) is 0 Å². The lowest BCUT2D eigenvalue weighted by atomic mass is 10.1. The number of nitrogens with zero attached hydrogens (tertiary/aromatic N) is 1. The average Bonchev–Trinajstić information content (AvgIpc) is 2.69. The summed E-state index contributed by atoms with van der Waals surface area (Å²) >= 11 is 1.90. The van der Waals surface area contributed by atoms with Crippen molar-refractivity contribution in [2.75, 3.05) is 59.0 Å². The molecule has 0 aromatic heterocycles. The van der Waals surface area contributed by atoms with Crippen LogP contribution >= 0.6 is 11.8 Å². The van der Waals surface area contributed by atoms with Crippen molar-refractivity contribution in [2.45, 2.75) is 25.4 Å². The van der Waals surface area contributed by atoms with Gasteiger partial charge in [-0.05, 0) is 49.9 Å². The maximum absolute atomic E-state index is 12.5. The van der Waals surface area contributed by atoms with Crippen LogP contribution < -0.4 is 14.8 Å². The molecule has 152 valence electrons. The highest BCUT2D eigenvalue weighted by Crippen LogP contribution is 2.28. The molecule has 1 fully saturated rings. The molecular formula is C20H32N2O4S. The molecule has 0 atom stereocenters. The number of carbonyl (C=O) groups is 1. The number of methoxy groups -OCH3 is 2. The molecule has 1 aromatic carbocycles. The van der Waals surface area contributed by atoms with Crippen LogP contribution in [0, 0.1) is 0 Å².